The van der Waals surface area contributed by atoms with Gasteiger partial charge in [-0.1, -0.05) is 23.2 Å². The molecular weight excluding hydrogens is 415 g/mol. The molecule has 1 aromatic rings. The number of hydrogen-bond acceptors (Lipinski definition) is 3. The van der Waals surface area contributed by atoms with Gasteiger partial charge in [-0.05, 0) is 38.1 Å². The minimum absolute atomic E-state index is 0.446. The van der Waals surface area contributed by atoms with E-state index in [1.807, 2.05) is 38.1 Å². The molecule has 1 aromatic carbocycles. The second kappa shape index (κ2) is 8.97. The highest BCUT2D eigenvalue weighted by molar-refractivity contribution is 6.30. The van der Waals surface area contributed by atoms with Crippen LogP contribution in [0.25, 0.3) is 0 Å². The van der Waals surface area contributed by atoms with E-state index in [1.165, 1.54) is 4.90 Å². The largest absolute Gasteiger partial charge is 0.490 e. The predicted octanol–water partition coefficient (Wildman–Crippen LogP) is 3.93. The van der Waals surface area contributed by atoms with Crippen molar-refractivity contribution in [2.75, 3.05) is 24.5 Å². The van der Waals surface area contributed by atoms with Crippen LogP contribution in [0.4, 0.5) is 23.2 Å². The fourth-order valence-corrected chi connectivity index (χ4v) is 2.80. The smallest absolute Gasteiger partial charge is 0.475 e. The van der Waals surface area contributed by atoms with Gasteiger partial charge in [0.05, 0.1) is 5.54 Å². The number of piperazine rings is 1. The van der Waals surface area contributed by atoms with Gasteiger partial charge < -0.3 is 14.9 Å². The number of amides is 1. The van der Waals surface area contributed by atoms with Crippen molar-refractivity contribution in [2.24, 2.45) is 0 Å². The molecule has 1 saturated heterocycles. The van der Waals surface area contributed by atoms with Gasteiger partial charge in [0, 0.05) is 30.3 Å². The van der Waals surface area contributed by atoms with Crippen molar-refractivity contribution in [3.05, 3.63) is 29.3 Å². The lowest BCUT2D eigenvalue weighted by Gasteiger charge is -2.48. The number of halogens is 6. The third kappa shape index (κ3) is 6.73. The number of benzene rings is 1. The fourth-order valence-electron chi connectivity index (χ4n) is 2.55. The van der Waals surface area contributed by atoms with Gasteiger partial charge in [-0.25, -0.2) is 9.18 Å². The maximum absolute atomic E-state index is 13.0. The molecule has 0 spiro atoms. The van der Waals surface area contributed by atoms with E-state index in [4.69, 9.17) is 33.1 Å². The third-order valence-corrected chi connectivity index (χ3v) is 4.23. The Morgan fingerprint density at radius 2 is 1.67 bits per heavy atom. The van der Waals surface area contributed by atoms with Crippen LogP contribution in [0.3, 0.4) is 0 Å². The number of alkyl halides is 5. The molecule has 0 saturated carbocycles. The van der Waals surface area contributed by atoms with E-state index >= 15 is 0 Å². The Morgan fingerprint density at radius 1 is 1.19 bits per heavy atom. The maximum atomic E-state index is 13.0. The molecule has 0 radical (unpaired) electrons. The Bertz CT molecular complexity index is 667. The van der Waals surface area contributed by atoms with E-state index in [1.54, 1.807) is 0 Å². The van der Waals surface area contributed by atoms with Crippen molar-refractivity contribution in [1.29, 1.82) is 0 Å². The number of hydrogen-bond donors (Lipinski definition) is 1. The number of nitrogens with zero attached hydrogens (tertiary/aromatic N) is 2. The Kier molecular flexibility index (Phi) is 7.74. The number of rotatable bonds is 2. The number of carbonyl (C=O) groups is 2. The van der Waals surface area contributed by atoms with Crippen molar-refractivity contribution in [3.8, 4) is 0 Å². The van der Waals surface area contributed by atoms with E-state index in [9.17, 15) is 22.4 Å². The van der Waals surface area contributed by atoms with Gasteiger partial charge in [-0.15, -0.1) is 0 Å². The Hall–Kier alpha value is -1.74. The van der Waals surface area contributed by atoms with Gasteiger partial charge in [0.1, 0.15) is 0 Å². The van der Waals surface area contributed by atoms with Crippen molar-refractivity contribution in [2.45, 2.75) is 31.2 Å². The molecule has 11 heteroatoms. The van der Waals surface area contributed by atoms with Crippen LogP contribution in [0.1, 0.15) is 13.8 Å². The number of aliphatic carboxylic acids is 1. The van der Waals surface area contributed by atoms with Gasteiger partial charge >= 0.3 is 12.1 Å². The summed E-state index contributed by atoms with van der Waals surface area (Å²) in [4.78, 5) is 24.3. The molecule has 27 heavy (non-hydrogen) atoms. The highest BCUT2D eigenvalue weighted by atomic mass is 35.5. The summed E-state index contributed by atoms with van der Waals surface area (Å²) in [6, 6.07) is 7.54. The Morgan fingerprint density at radius 3 is 2.04 bits per heavy atom. The zero-order chi connectivity index (χ0) is 21.0. The molecule has 1 unspecified atom stereocenters. The minimum atomic E-state index is -5.08. The van der Waals surface area contributed by atoms with Crippen LogP contribution in [0.15, 0.2) is 24.3 Å². The van der Waals surface area contributed by atoms with Crippen molar-refractivity contribution < 1.29 is 32.3 Å². The number of carbonyl (C=O) groups excluding carboxylic acids is 1. The number of anilines is 1. The van der Waals surface area contributed by atoms with E-state index in [-0.39, 0.29) is 0 Å². The summed E-state index contributed by atoms with van der Waals surface area (Å²) in [5.41, 5.74) is -1.41. The lowest BCUT2D eigenvalue weighted by Crippen LogP contribution is -2.62. The summed E-state index contributed by atoms with van der Waals surface area (Å²) in [6.07, 6.45) is -5.08. The van der Waals surface area contributed by atoms with Gasteiger partial charge in [-0.2, -0.15) is 13.2 Å². The zero-order valence-electron chi connectivity index (χ0n) is 14.4. The van der Waals surface area contributed by atoms with Crippen LogP contribution in [0, 0.1) is 0 Å². The van der Waals surface area contributed by atoms with Crippen LogP contribution in [-0.2, 0) is 9.59 Å². The molecule has 0 bridgehead atoms. The first-order valence-electron chi connectivity index (χ1n) is 7.66. The van der Waals surface area contributed by atoms with Crippen LogP contribution in [0.5, 0.6) is 0 Å². The standard InChI is InChI=1S/C14H17Cl2FN2O.C2HF3O2/c1-14(2)9-18(11-5-3-10(15)4-6-11)7-8-19(14)13(20)12(16)17;3-2(4,5)1(6)7/h3-6,12H,7-9H2,1-2H3;(H,6,7). The minimum Gasteiger partial charge on any atom is -0.475 e. The lowest BCUT2D eigenvalue weighted by atomic mass is 9.98. The van der Waals surface area contributed by atoms with E-state index in [2.05, 4.69) is 4.90 Å². The van der Waals surface area contributed by atoms with Gasteiger partial charge in [0.2, 0.25) is 0 Å². The lowest BCUT2D eigenvalue weighted by molar-refractivity contribution is -0.192. The molecule has 152 valence electrons. The van der Waals surface area contributed by atoms with Crippen molar-refractivity contribution >= 4 is 40.8 Å². The molecule has 0 aromatic heterocycles. The topological polar surface area (TPSA) is 60.9 Å². The van der Waals surface area contributed by atoms with E-state index < -0.39 is 29.2 Å². The SMILES string of the molecule is CC1(C)CN(c2ccc(Cl)cc2)CCN1C(=O)C(F)Cl.O=C(O)C(F)(F)F. The maximum Gasteiger partial charge on any atom is 0.490 e. The van der Waals surface area contributed by atoms with Gasteiger partial charge in [-0.3, -0.25) is 4.79 Å². The van der Waals surface area contributed by atoms with Crippen LogP contribution in [-0.4, -0.2) is 58.9 Å². The Balaban J connectivity index is 0.000000445. The van der Waals surface area contributed by atoms with E-state index in [0.717, 1.165) is 5.69 Å². The Labute approximate surface area is 163 Å². The molecule has 1 atom stereocenters. The molecule has 1 N–H and O–H groups in total. The molecular formula is C16H18Cl2F4N2O3. The van der Waals surface area contributed by atoms with Gasteiger partial charge in [0.25, 0.3) is 11.5 Å². The van der Waals surface area contributed by atoms with Crippen LogP contribution < -0.4 is 4.90 Å². The zero-order valence-corrected chi connectivity index (χ0v) is 15.9. The monoisotopic (exact) mass is 432 g/mol. The van der Waals surface area contributed by atoms with Crippen LogP contribution >= 0.6 is 23.2 Å². The first-order valence-corrected chi connectivity index (χ1v) is 8.47. The normalized spacial score (nSPS) is 17.6. The summed E-state index contributed by atoms with van der Waals surface area (Å²) in [7, 11) is 0. The molecule has 1 heterocycles. The fraction of sp³-hybridized carbons (Fsp3) is 0.500. The summed E-state index contributed by atoms with van der Waals surface area (Å²) < 4.78 is 44.8. The molecule has 2 rings (SSSR count). The highest BCUT2D eigenvalue weighted by Crippen LogP contribution is 2.27. The molecule has 5 nitrogen and oxygen atoms in total. The third-order valence-electron chi connectivity index (χ3n) is 3.79. The molecule has 1 aliphatic rings. The van der Waals surface area contributed by atoms with E-state index in [0.29, 0.717) is 24.7 Å². The second-order valence-electron chi connectivity index (χ2n) is 6.30. The van der Waals surface area contributed by atoms with Crippen molar-refractivity contribution in [3.63, 3.8) is 0 Å². The first kappa shape index (κ1) is 23.3. The highest BCUT2D eigenvalue weighted by Gasteiger charge is 2.39. The average Bonchev–Trinajstić information content (AvgIpc) is 2.53. The van der Waals surface area contributed by atoms with Crippen LogP contribution in [0.2, 0.25) is 5.02 Å². The number of carboxylic acids is 1. The quantitative estimate of drug-likeness (QED) is 0.567. The van der Waals surface area contributed by atoms with Crippen molar-refractivity contribution in [1.82, 2.24) is 4.90 Å². The van der Waals surface area contributed by atoms with Gasteiger partial charge in [0.15, 0.2) is 0 Å². The summed E-state index contributed by atoms with van der Waals surface area (Å²) in [6.45, 7) is 5.52. The average molecular weight is 433 g/mol. The number of carboxylic acid groups (broad SMARTS) is 1. The molecule has 1 aliphatic heterocycles. The first-order chi connectivity index (χ1) is 12.3. The molecule has 0 aliphatic carbocycles. The molecule has 1 fully saturated rings. The molecule has 1 amide bonds. The second-order valence-corrected chi connectivity index (χ2v) is 7.12. The summed E-state index contributed by atoms with van der Waals surface area (Å²) >= 11 is 11.2. The summed E-state index contributed by atoms with van der Waals surface area (Å²) in [5.74, 6) is -3.42. The predicted molar refractivity (Wildman–Crippen MR) is 93.9 cm³/mol. The summed E-state index contributed by atoms with van der Waals surface area (Å²) in [5, 5.41) is 7.81.